The van der Waals surface area contributed by atoms with Gasteiger partial charge in [-0.2, -0.15) is 0 Å². The molecule has 1 N–H and O–H groups in total. The fourth-order valence-electron chi connectivity index (χ4n) is 3.65. The van der Waals surface area contributed by atoms with Gasteiger partial charge in [0.1, 0.15) is 10.6 Å². The van der Waals surface area contributed by atoms with Crippen LogP contribution in [-0.2, 0) is 9.53 Å². The summed E-state index contributed by atoms with van der Waals surface area (Å²) in [7, 11) is 0. The predicted octanol–water partition coefficient (Wildman–Crippen LogP) is 4.00. The van der Waals surface area contributed by atoms with Gasteiger partial charge in [-0.3, -0.25) is 4.79 Å². The molecule has 2 heterocycles. The van der Waals surface area contributed by atoms with Crippen LogP contribution in [0, 0.1) is 5.92 Å². The highest BCUT2D eigenvalue weighted by molar-refractivity contribution is 7.09. The fraction of sp³-hybridized carbons (Fsp3) is 0.476. The summed E-state index contributed by atoms with van der Waals surface area (Å²) in [5.41, 5.74) is -1.11. The van der Waals surface area contributed by atoms with Gasteiger partial charge < -0.3 is 15.0 Å². The molecular weight excluding hydrogens is 374 g/mol. The van der Waals surface area contributed by atoms with Crippen LogP contribution in [0.3, 0.4) is 0 Å². The molecule has 0 spiro atoms. The summed E-state index contributed by atoms with van der Waals surface area (Å²) in [6, 6.07) is -0.381. The summed E-state index contributed by atoms with van der Waals surface area (Å²) in [4.78, 5) is 31.6. The van der Waals surface area contributed by atoms with Crippen LogP contribution in [0.25, 0.3) is 0 Å². The van der Waals surface area contributed by atoms with Crippen LogP contribution < -0.4 is 5.32 Å². The lowest BCUT2D eigenvalue weighted by molar-refractivity contribution is -0.130. The number of amides is 2. The summed E-state index contributed by atoms with van der Waals surface area (Å²) in [5.74, 6) is -0.0419. The molecule has 150 valence electrons. The van der Waals surface area contributed by atoms with Gasteiger partial charge in [-0.15, -0.1) is 17.9 Å². The normalized spacial score (nSPS) is 25.6. The van der Waals surface area contributed by atoms with Gasteiger partial charge in [-0.1, -0.05) is 30.4 Å². The number of thiazole rings is 1. The van der Waals surface area contributed by atoms with Crippen LogP contribution in [-0.4, -0.2) is 39.6 Å². The molecule has 1 aliphatic heterocycles. The lowest BCUT2D eigenvalue weighted by Crippen LogP contribution is -2.47. The number of aromatic nitrogens is 1. The van der Waals surface area contributed by atoms with E-state index in [1.54, 1.807) is 6.20 Å². The molecule has 0 aromatic carbocycles. The Bertz CT molecular complexity index is 794. The third-order valence-electron chi connectivity index (χ3n) is 4.95. The number of nitrogens with zero attached hydrogens (tertiary/aromatic N) is 2. The highest BCUT2D eigenvalue weighted by Crippen LogP contribution is 2.38. The zero-order valence-electron chi connectivity index (χ0n) is 16.6. The average Bonchev–Trinajstić information content (AvgIpc) is 3.29. The van der Waals surface area contributed by atoms with Gasteiger partial charge in [0.05, 0.1) is 11.6 Å². The molecule has 1 fully saturated rings. The maximum atomic E-state index is 12.9. The number of allylic oxidation sites excluding steroid dienone is 2. The van der Waals surface area contributed by atoms with Crippen molar-refractivity contribution in [3.05, 3.63) is 53.5 Å². The number of hydrogen-bond donors (Lipinski definition) is 1. The van der Waals surface area contributed by atoms with Crippen LogP contribution in [0.5, 0.6) is 0 Å². The molecule has 28 heavy (non-hydrogen) atoms. The molecule has 1 aliphatic carbocycles. The van der Waals surface area contributed by atoms with E-state index in [0.717, 1.165) is 5.01 Å². The van der Waals surface area contributed by atoms with Crippen molar-refractivity contribution in [2.75, 3.05) is 6.54 Å². The number of rotatable bonds is 5. The predicted molar refractivity (Wildman–Crippen MR) is 110 cm³/mol. The fourth-order valence-corrected chi connectivity index (χ4v) is 4.43. The Morgan fingerprint density at radius 2 is 2.29 bits per heavy atom. The van der Waals surface area contributed by atoms with Crippen LogP contribution in [0.2, 0.25) is 0 Å². The van der Waals surface area contributed by atoms with E-state index in [0.29, 0.717) is 19.4 Å². The van der Waals surface area contributed by atoms with Crippen molar-refractivity contribution in [2.24, 2.45) is 5.92 Å². The molecule has 1 aromatic rings. The van der Waals surface area contributed by atoms with Crippen molar-refractivity contribution in [3.8, 4) is 0 Å². The van der Waals surface area contributed by atoms with Crippen molar-refractivity contribution in [1.29, 1.82) is 0 Å². The monoisotopic (exact) mass is 401 g/mol. The van der Waals surface area contributed by atoms with Crippen molar-refractivity contribution < 1.29 is 14.3 Å². The van der Waals surface area contributed by atoms with Crippen LogP contribution in [0.15, 0.2) is 48.5 Å². The Balaban J connectivity index is 1.81. The van der Waals surface area contributed by atoms with Gasteiger partial charge in [0.25, 0.3) is 0 Å². The summed E-state index contributed by atoms with van der Waals surface area (Å²) in [6.45, 7) is 9.95. The van der Waals surface area contributed by atoms with Gasteiger partial charge in [-0.25, -0.2) is 9.78 Å². The van der Waals surface area contributed by atoms with Gasteiger partial charge >= 0.3 is 6.09 Å². The highest BCUT2D eigenvalue weighted by Gasteiger charge is 2.45. The molecule has 6 nitrogen and oxygen atoms in total. The molecule has 0 radical (unpaired) electrons. The van der Waals surface area contributed by atoms with Crippen LogP contribution in [0.1, 0.15) is 44.7 Å². The molecule has 3 rings (SSSR count). The van der Waals surface area contributed by atoms with Gasteiger partial charge in [0, 0.05) is 30.5 Å². The first kappa shape index (κ1) is 20.3. The molecule has 0 bridgehead atoms. The second-order valence-electron chi connectivity index (χ2n) is 8.15. The van der Waals surface area contributed by atoms with Crippen LogP contribution in [0.4, 0.5) is 4.79 Å². The maximum absolute atomic E-state index is 12.9. The van der Waals surface area contributed by atoms with Crippen molar-refractivity contribution >= 4 is 23.3 Å². The minimum atomic E-state index is -0.596. The Labute approximate surface area is 170 Å². The van der Waals surface area contributed by atoms with Gasteiger partial charge in [0.15, 0.2) is 0 Å². The van der Waals surface area contributed by atoms with Crippen molar-refractivity contribution in [3.63, 3.8) is 0 Å². The zero-order valence-corrected chi connectivity index (χ0v) is 17.4. The lowest BCUT2D eigenvalue weighted by atomic mass is 9.89. The van der Waals surface area contributed by atoms with Crippen LogP contribution >= 0.6 is 11.3 Å². The Morgan fingerprint density at radius 1 is 1.50 bits per heavy atom. The minimum Gasteiger partial charge on any atom is -0.444 e. The highest BCUT2D eigenvalue weighted by atomic mass is 32.1. The molecule has 2 amide bonds. The number of likely N-dealkylation sites (tertiary alicyclic amines) is 1. The van der Waals surface area contributed by atoms with E-state index in [1.165, 1.54) is 11.3 Å². The van der Waals surface area contributed by atoms with Crippen molar-refractivity contribution in [1.82, 2.24) is 15.2 Å². The molecule has 1 saturated heterocycles. The molecule has 1 unspecified atom stereocenters. The SMILES string of the molecule is C=C[C@@]1(N2C[C@H](C(NC(=O)OC(C)(C)C)c3nccs3)CC2=O)C=CC=CC1. The average molecular weight is 402 g/mol. The summed E-state index contributed by atoms with van der Waals surface area (Å²) in [5, 5.41) is 5.59. The smallest absolute Gasteiger partial charge is 0.408 e. The van der Waals surface area contributed by atoms with Gasteiger partial charge in [-0.05, 0) is 27.2 Å². The standard InChI is InChI=1S/C21H27N3O3S/c1-5-21(9-7-6-8-10-21)24-14-15(13-16(24)25)17(18-22-11-12-28-18)23-19(26)27-20(2,3)4/h5-9,11-12,15,17H,1,10,13-14H2,2-4H3,(H,23,26)/t15-,17?,21-/m1/s1. The number of ether oxygens (including phenoxy) is 1. The molecular formula is C21H27N3O3S. The third kappa shape index (κ3) is 4.35. The summed E-state index contributed by atoms with van der Waals surface area (Å²) in [6.07, 6.45) is 12.0. The first-order valence-electron chi connectivity index (χ1n) is 9.41. The summed E-state index contributed by atoms with van der Waals surface area (Å²) < 4.78 is 5.43. The lowest BCUT2D eigenvalue weighted by Gasteiger charge is -2.38. The first-order chi connectivity index (χ1) is 13.2. The summed E-state index contributed by atoms with van der Waals surface area (Å²) >= 11 is 1.46. The molecule has 0 saturated carbocycles. The van der Waals surface area contributed by atoms with E-state index in [4.69, 9.17) is 4.74 Å². The second kappa shape index (κ2) is 7.91. The maximum Gasteiger partial charge on any atom is 0.408 e. The molecule has 1 aromatic heterocycles. The quantitative estimate of drug-likeness (QED) is 0.757. The van der Waals surface area contributed by atoms with E-state index in [9.17, 15) is 9.59 Å². The Morgan fingerprint density at radius 3 is 2.86 bits per heavy atom. The Kier molecular flexibility index (Phi) is 5.74. The minimum absolute atomic E-state index is 0.0531. The van der Waals surface area contributed by atoms with Crippen molar-refractivity contribution in [2.45, 2.75) is 50.8 Å². The zero-order chi connectivity index (χ0) is 20.4. The number of alkyl carbamates (subject to hydrolysis) is 1. The van der Waals surface area contributed by atoms with Gasteiger partial charge in [0.2, 0.25) is 5.91 Å². The number of nitrogens with one attached hydrogen (secondary N) is 1. The number of carbonyl (C=O) groups excluding carboxylic acids is 2. The molecule has 7 heteroatoms. The van der Waals surface area contributed by atoms with E-state index in [2.05, 4.69) is 16.9 Å². The largest absolute Gasteiger partial charge is 0.444 e. The third-order valence-corrected chi connectivity index (χ3v) is 5.81. The second-order valence-corrected chi connectivity index (χ2v) is 9.08. The first-order valence-corrected chi connectivity index (χ1v) is 10.3. The van der Waals surface area contributed by atoms with E-state index in [1.807, 2.05) is 61.4 Å². The van der Waals surface area contributed by atoms with E-state index in [-0.39, 0.29) is 17.9 Å². The molecule has 3 atom stereocenters. The topological polar surface area (TPSA) is 71.5 Å². The number of carbonyl (C=O) groups is 2. The number of hydrogen-bond acceptors (Lipinski definition) is 5. The Hall–Kier alpha value is -2.41. The van der Waals surface area contributed by atoms with E-state index < -0.39 is 17.2 Å². The molecule has 2 aliphatic rings. The van der Waals surface area contributed by atoms with E-state index >= 15 is 0 Å².